The molecule has 15 amide bonds. The van der Waals surface area contributed by atoms with E-state index in [1.807, 2.05) is 6.92 Å². The van der Waals surface area contributed by atoms with Gasteiger partial charge >= 0.3 is 5.97 Å². The molecule has 706 valence electrons. The van der Waals surface area contributed by atoms with Gasteiger partial charge < -0.3 is 109 Å². The molecule has 0 aliphatic carbocycles. The van der Waals surface area contributed by atoms with Gasteiger partial charge in [-0.15, -0.1) is 11.8 Å². The number of fused-ring (bicyclic) bond motifs is 3. The smallest absolute Gasteiger partial charge is 0.305 e. The maximum Gasteiger partial charge on any atom is 0.305 e. The van der Waals surface area contributed by atoms with Crippen LogP contribution in [0, 0.1) is 11.7 Å². The number of hydrogen-bond acceptors (Lipinski definition) is 21. The molecule has 5 aromatic carbocycles. The molecule has 17 N–H and O–H groups in total. The number of phenols is 2. The van der Waals surface area contributed by atoms with Gasteiger partial charge in [-0.1, -0.05) is 119 Å². The van der Waals surface area contributed by atoms with E-state index in [1.54, 1.807) is 74.6 Å². The van der Waals surface area contributed by atoms with Gasteiger partial charge in [0.05, 0.1) is 18.7 Å². The van der Waals surface area contributed by atoms with Crippen LogP contribution in [0.15, 0.2) is 134 Å². The molecule has 0 bridgehead atoms. The molecule has 6 aromatic rings. The maximum absolute atomic E-state index is 15.7. The Morgan fingerprint density at radius 2 is 1.03 bits per heavy atom. The Balaban J connectivity index is 1.12. The number of likely N-dealkylation sites (N-methyl/N-ethyl adjacent to an activating group) is 3. The Hall–Kier alpha value is -13.0. The van der Waals surface area contributed by atoms with Crippen LogP contribution < -0.4 is 59.3 Å². The van der Waals surface area contributed by atoms with Gasteiger partial charge in [0.25, 0.3) is 0 Å². The molecule has 3 aliphatic heterocycles. The van der Waals surface area contributed by atoms with Gasteiger partial charge in [0.2, 0.25) is 88.6 Å². The predicted molar refractivity (Wildman–Crippen MR) is 481 cm³/mol. The first-order valence-electron chi connectivity index (χ1n) is 43.8. The molecular formula is C92H120FN17O20S. The standard InChI is InChI=1S/C92H120FN17O20S/c1-8-9-23-74-91(128)110-41-17-25-73(110)87(124)102-67(48-78(115)116)84(121)105-79(53(2)3)92(129)106(4)71(38-42-130-7)85(122)103-69(45-57-30-36-61(112)37-31-57)89(126)109-40-16-24-72(109)86(123)101-66(47-58-49-96-63-21-14-13-20-62(58)63)83(120)100-65(43-56-28-34-60(111)35-29-56)82(119)99-64(22-15-39-94)81(118)104-70(80(117)97-50-76(95)113)51-131-52-77(114)98-68(44-55-26-32-59(93)33-27-55)88(125)108(6)75(90(127)107(74)5)46-54-18-11-10-12-19-54/h10-14,18-21,26-37,49,53,64-75,79,96,111-112H,8-9,15-17,22-25,38-48,50-52,94H2,1-7H3,(H2,95,113)(H,97,117)(H,98,114)(H,99,119)(H,100,120)(H,101,123)(H,102,124)(H,103,122)(H,104,118)(H,105,121)(H,115,116)/t64-,65-,66-,67-,68-,69-,70-,71-,72+,73+,74-,75-,79-/m0/s1. The number of hydrogen-bond donors (Lipinski definition) is 15. The van der Waals surface area contributed by atoms with Gasteiger partial charge in [0.15, 0.2) is 0 Å². The second kappa shape index (κ2) is 49.1. The van der Waals surface area contributed by atoms with Crippen LogP contribution in [0.4, 0.5) is 4.39 Å². The molecule has 9 rings (SSSR count). The fourth-order valence-electron chi connectivity index (χ4n) is 16.3. The number of nitrogens with zero attached hydrogens (tertiary/aromatic N) is 5. The van der Waals surface area contributed by atoms with Crippen LogP contribution in [0.3, 0.4) is 0 Å². The van der Waals surface area contributed by atoms with E-state index in [1.165, 1.54) is 104 Å². The number of halogens is 1. The molecule has 0 spiro atoms. The number of aliphatic carboxylic acids is 1. The summed E-state index contributed by atoms with van der Waals surface area (Å²) in [5.74, 6) is -17.9. The fraction of sp³-hybridized carbons (Fsp3) is 0.478. The van der Waals surface area contributed by atoms with Gasteiger partial charge in [-0.25, -0.2) is 4.39 Å². The summed E-state index contributed by atoms with van der Waals surface area (Å²) in [6, 6.07) is 12.1. The molecule has 4 heterocycles. The number of amides is 15. The number of unbranched alkanes of at least 4 members (excludes halogenated alkanes) is 1. The van der Waals surface area contributed by atoms with E-state index < -0.39 is 209 Å². The molecule has 131 heavy (non-hydrogen) atoms. The van der Waals surface area contributed by atoms with Crippen molar-refractivity contribution in [2.75, 3.05) is 72.5 Å². The predicted octanol–water partition coefficient (Wildman–Crippen LogP) is 1.02. The summed E-state index contributed by atoms with van der Waals surface area (Å²) < 4.78 is 20.0. The first-order valence-corrected chi connectivity index (χ1v) is 45.0. The van der Waals surface area contributed by atoms with Gasteiger partial charge in [-0.3, -0.25) is 76.7 Å². The van der Waals surface area contributed by atoms with Crippen molar-refractivity contribution in [3.8, 4) is 11.5 Å². The minimum atomic E-state index is -1.91. The number of benzene rings is 5. The van der Waals surface area contributed by atoms with Crippen LogP contribution >= 0.6 is 11.8 Å². The Bertz CT molecular complexity index is 5010. The molecule has 0 saturated carbocycles. The summed E-state index contributed by atoms with van der Waals surface area (Å²) in [7, 11) is 5.30. The van der Waals surface area contributed by atoms with E-state index in [2.05, 4.69) is 52.8 Å². The summed E-state index contributed by atoms with van der Waals surface area (Å²) in [4.78, 5) is 246. The number of carboxylic acid groups (broad SMARTS) is 1. The van der Waals surface area contributed by atoms with Crippen molar-refractivity contribution in [1.82, 2.24) is 77.3 Å². The Morgan fingerprint density at radius 3 is 1.61 bits per heavy atom. The Kier molecular flexibility index (Phi) is 38.1. The first kappa shape index (κ1) is 102. The van der Waals surface area contributed by atoms with Crippen molar-refractivity contribution in [3.05, 3.63) is 167 Å². The lowest BCUT2D eigenvalue weighted by atomic mass is 9.99. The Morgan fingerprint density at radius 1 is 0.527 bits per heavy atom. The van der Waals surface area contributed by atoms with E-state index in [0.717, 1.165) is 33.7 Å². The molecule has 37 nitrogen and oxygen atoms in total. The number of carbonyl (C=O) groups excluding carboxylic acids is 15. The summed E-state index contributed by atoms with van der Waals surface area (Å²) in [6.45, 7) is 3.93. The highest BCUT2D eigenvalue weighted by Crippen LogP contribution is 2.28. The van der Waals surface area contributed by atoms with Crippen LogP contribution in [0.2, 0.25) is 0 Å². The highest BCUT2D eigenvalue weighted by Gasteiger charge is 2.46. The third-order valence-electron chi connectivity index (χ3n) is 23.6. The van der Waals surface area contributed by atoms with Gasteiger partial charge in [0.1, 0.15) is 95.9 Å². The number of carbonyl (C=O) groups is 16. The third kappa shape index (κ3) is 28.7. The average molecular weight is 1840 g/mol. The lowest BCUT2D eigenvalue weighted by Gasteiger charge is -2.38. The van der Waals surface area contributed by atoms with Crippen molar-refractivity contribution in [1.29, 1.82) is 0 Å². The molecular weight excluding hydrogens is 1710 g/mol. The number of aromatic hydroxyl groups is 2. The second-order valence-corrected chi connectivity index (χ2v) is 34.5. The zero-order valence-electron chi connectivity index (χ0n) is 74.5. The van der Waals surface area contributed by atoms with Crippen molar-refractivity contribution in [3.63, 3.8) is 0 Å². The van der Waals surface area contributed by atoms with Crippen molar-refractivity contribution in [2.24, 2.45) is 17.4 Å². The highest BCUT2D eigenvalue weighted by molar-refractivity contribution is 8.00. The van der Waals surface area contributed by atoms with E-state index in [0.29, 0.717) is 51.6 Å². The number of rotatable bonds is 25. The normalized spacial score (nSPS) is 23.7. The number of nitrogens with one attached hydrogen (secondary N) is 10. The van der Waals surface area contributed by atoms with E-state index in [4.69, 9.17) is 16.2 Å². The molecule has 0 unspecified atom stereocenters. The molecule has 3 fully saturated rings. The zero-order valence-corrected chi connectivity index (χ0v) is 75.3. The van der Waals surface area contributed by atoms with Crippen molar-refractivity contribution >= 4 is 117 Å². The van der Waals surface area contributed by atoms with Crippen LogP contribution in [-0.2, 0) is 114 Å². The maximum atomic E-state index is 15.7. The molecule has 13 atom stereocenters. The minimum Gasteiger partial charge on any atom is -0.508 e. The van der Waals surface area contributed by atoms with Crippen LogP contribution in [-0.4, -0.2) is 290 Å². The number of ether oxygens (including phenoxy) is 1. The first-order chi connectivity index (χ1) is 62.6. The minimum absolute atomic E-state index is 0.00237. The summed E-state index contributed by atoms with van der Waals surface area (Å²) in [5.41, 5.74) is 14.3. The summed E-state index contributed by atoms with van der Waals surface area (Å²) >= 11 is 0.775. The van der Waals surface area contributed by atoms with Crippen molar-refractivity contribution < 1.29 is 101 Å². The van der Waals surface area contributed by atoms with Gasteiger partial charge in [-0.2, -0.15) is 0 Å². The summed E-state index contributed by atoms with van der Waals surface area (Å²) in [6.07, 6.45) is 0.264. The van der Waals surface area contributed by atoms with Crippen LogP contribution in [0.1, 0.15) is 119 Å². The monoisotopic (exact) mass is 1830 g/mol. The van der Waals surface area contributed by atoms with E-state index in [-0.39, 0.29) is 121 Å². The van der Waals surface area contributed by atoms with E-state index >= 15 is 43.2 Å². The number of phenolic OH excluding ortho intramolecular Hbond substituents is 2. The van der Waals surface area contributed by atoms with Crippen LogP contribution in [0.25, 0.3) is 10.9 Å². The molecule has 3 aliphatic rings. The number of nitrogens with two attached hydrogens (primary N) is 2. The number of thioether (sulfide) groups is 1. The Labute approximate surface area is 762 Å². The number of H-pyrrole nitrogens is 1. The number of methoxy groups -OCH3 is 1. The topological polar surface area (TPSA) is 535 Å². The lowest BCUT2D eigenvalue weighted by molar-refractivity contribution is -0.152. The number of carboxylic acids is 1. The van der Waals surface area contributed by atoms with Crippen molar-refractivity contribution in [2.45, 2.75) is 202 Å². The second-order valence-electron chi connectivity index (χ2n) is 33.5. The number of primary amides is 1. The van der Waals surface area contributed by atoms with Gasteiger partial charge in [0, 0.05) is 109 Å². The SMILES string of the molecule is CCCC[C@H]1C(=O)N2CCC[C@@H]2C(=O)N[C@@H](CC(=O)O)C(=O)N[C@@H](C(C)C)C(=O)N(C)[C@@H](CCOC)C(=O)N[C@@H](Cc2ccc(O)cc2)C(=O)N2CCC[C@@H]2C(=O)N[C@@H](Cc2c[nH]c3ccccc23)C(=O)N[C@@H](Cc2ccc(O)cc2)C(=O)N[C@@H](CCCN)C(=O)N[C@H](C(=O)NCC(N)=O)CSCC(=O)N[C@@H](Cc2ccc(F)cc2)C(=O)N(C)[C@@H](Cc2ccccc2)C(=O)N1C. The van der Waals surface area contributed by atoms with E-state index in [9.17, 15) is 53.3 Å². The lowest BCUT2D eigenvalue weighted by Crippen LogP contribution is -2.62. The summed E-state index contributed by atoms with van der Waals surface area (Å²) in [5, 5.41) is 55.8. The zero-order chi connectivity index (χ0) is 95.3. The van der Waals surface area contributed by atoms with Crippen LogP contribution in [0.5, 0.6) is 11.5 Å². The quantitative estimate of drug-likeness (QED) is 0.0380. The highest BCUT2D eigenvalue weighted by atomic mass is 32.2. The molecule has 1 aromatic heterocycles. The average Bonchev–Trinajstić information content (AvgIpc) is 1.11. The number of para-hydroxylation sites is 1. The van der Waals surface area contributed by atoms with Gasteiger partial charge in [-0.05, 0) is 128 Å². The third-order valence-corrected chi connectivity index (χ3v) is 24.6. The largest absolute Gasteiger partial charge is 0.508 e. The molecule has 3 saturated heterocycles. The molecule has 39 heteroatoms. The fourth-order valence-corrected chi connectivity index (χ4v) is 17.1. The number of aromatic amines is 1. The molecule has 0 radical (unpaired) electrons. The number of aromatic nitrogens is 1.